The van der Waals surface area contributed by atoms with Crippen molar-refractivity contribution in [3.63, 3.8) is 0 Å². The van der Waals surface area contributed by atoms with Crippen LogP contribution in [0.5, 0.6) is 0 Å². The molecular formula is C23H48. The Bertz CT molecular complexity index is 253. The van der Waals surface area contributed by atoms with Crippen LogP contribution in [0.1, 0.15) is 113 Å². The van der Waals surface area contributed by atoms with Gasteiger partial charge in [0, 0.05) is 0 Å². The maximum atomic E-state index is 2.49. The first-order chi connectivity index (χ1) is 10.8. The molecule has 0 bridgehead atoms. The van der Waals surface area contributed by atoms with Crippen LogP contribution >= 0.6 is 0 Å². The molecule has 0 spiro atoms. The summed E-state index contributed by atoms with van der Waals surface area (Å²) in [5.74, 6) is 5.45. The normalized spacial score (nSPS) is 17.5. The van der Waals surface area contributed by atoms with Gasteiger partial charge < -0.3 is 0 Å². The molecule has 23 heavy (non-hydrogen) atoms. The molecule has 0 aliphatic rings. The van der Waals surface area contributed by atoms with Crippen molar-refractivity contribution in [1.82, 2.24) is 0 Å². The molecule has 0 radical (unpaired) electrons. The molecule has 0 aromatic rings. The molecule has 0 aromatic heterocycles. The smallest absolute Gasteiger partial charge is 0.0394 e. The lowest BCUT2D eigenvalue weighted by molar-refractivity contribution is 0.293. The van der Waals surface area contributed by atoms with Crippen molar-refractivity contribution < 1.29 is 0 Å². The first-order valence-corrected chi connectivity index (χ1v) is 10.8. The summed E-state index contributed by atoms with van der Waals surface area (Å²) >= 11 is 0. The Labute approximate surface area is 149 Å². The zero-order chi connectivity index (χ0) is 17.8. The average Bonchev–Trinajstić information content (AvgIpc) is 2.50. The summed E-state index contributed by atoms with van der Waals surface area (Å²) in [5, 5.41) is 0. The standard InChI is InChI=1S/C23H48/c1-9-22(13-11-12-21(8)18(3)4)16-14-20(7)15-17-23(10-2)19(5)6/h18-23H,9-17H2,1-8H3. The highest BCUT2D eigenvalue weighted by atomic mass is 14.2. The van der Waals surface area contributed by atoms with Crippen molar-refractivity contribution in [1.29, 1.82) is 0 Å². The highest BCUT2D eigenvalue weighted by molar-refractivity contribution is 4.67. The van der Waals surface area contributed by atoms with E-state index in [9.17, 15) is 0 Å². The summed E-state index contributed by atoms with van der Waals surface area (Å²) in [6.07, 6.45) is 12.9. The highest BCUT2D eigenvalue weighted by Gasteiger charge is 2.15. The Kier molecular flexibility index (Phi) is 13.3. The molecule has 140 valence electrons. The van der Waals surface area contributed by atoms with E-state index in [0.717, 1.165) is 35.5 Å². The van der Waals surface area contributed by atoms with Crippen LogP contribution in [0.2, 0.25) is 0 Å². The van der Waals surface area contributed by atoms with Gasteiger partial charge in [0.25, 0.3) is 0 Å². The van der Waals surface area contributed by atoms with E-state index in [4.69, 9.17) is 0 Å². The molecule has 0 rings (SSSR count). The van der Waals surface area contributed by atoms with E-state index in [1.807, 2.05) is 0 Å². The van der Waals surface area contributed by atoms with E-state index in [1.165, 1.54) is 57.8 Å². The first kappa shape index (κ1) is 23.0. The van der Waals surface area contributed by atoms with Crippen LogP contribution in [0.25, 0.3) is 0 Å². The fourth-order valence-corrected chi connectivity index (χ4v) is 3.79. The molecule has 0 heterocycles. The Hall–Kier alpha value is 0. The summed E-state index contributed by atoms with van der Waals surface area (Å²) in [4.78, 5) is 0. The van der Waals surface area contributed by atoms with Gasteiger partial charge in [-0.1, -0.05) is 107 Å². The first-order valence-electron chi connectivity index (χ1n) is 10.8. The number of hydrogen-bond donors (Lipinski definition) is 0. The maximum Gasteiger partial charge on any atom is -0.0394 e. The van der Waals surface area contributed by atoms with E-state index in [2.05, 4.69) is 55.4 Å². The summed E-state index contributed by atoms with van der Waals surface area (Å²) in [7, 11) is 0. The second kappa shape index (κ2) is 13.3. The van der Waals surface area contributed by atoms with E-state index in [1.54, 1.807) is 0 Å². The van der Waals surface area contributed by atoms with Crippen LogP contribution in [0, 0.1) is 35.5 Å². The molecular weight excluding hydrogens is 276 g/mol. The predicted molar refractivity (Wildman–Crippen MR) is 108 cm³/mol. The molecule has 4 unspecified atom stereocenters. The second-order valence-electron chi connectivity index (χ2n) is 9.10. The van der Waals surface area contributed by atoms with Crippen LogP contribution in [-0.2, 0) is 0 Å². The van der Waals surface area contributed by atoms with E-state index in [-0.39, 0.29) is 0 Å². The molecule has 0 heteroatoms. The van der Waals surface area contributed by atoms with Gasteiger partial charge in [0.1, 0.15) is 0 Å². The van der Waals surface area contributed by atoms with Crippen molar-refractivity contribution in [2.24, 2.45) is 35.5 Å². The predicted octanol–water partition coefficient (Wildman–Crippen LogP) is 8.35. The van der Waals surface area contributed by atoms with Crippen LogP contribution in [0.4, 0.5) is 0 Å². The molecule has 0 N–H and O–H groups in total. The summed E-state index contributed by atoms with van der Waals surface area (Å²) < 4.78 is 0. The lowest BCUT2D eigenvalue weighted by Crippen LogP contribution is -2.10. The molecule has 0 saturated heterocycles. The van der Waals surface area contributed by atoms with Crippen LogP contribution < -0.4 is 0 Å². The Morgan fingerprint density at radius 3 is 1.65 bits per heavy atom. The SMILES string of the molecule is CCC(CCCC(C)C(C)C)CCC(C)CCC(CC)C(C)C. The molecule has 4 atom stereocenters. The maximum absolute atomic E-state index is 2.49. The topological polar surface area (TPSA) is 0 Å². The van der Waals surface area contributed by atoms with Gasteiger partial charge in [0.15, 0.2) is 0 Å². The fraction of sp³-hybridized carbons (Fsp3) is 1.00. The highest BCUT2D eigenvalue weighted by Crippen LogP contribution is 2.28. The lowest BCUT2D eigenvalue weighted by atomic mass is 9.83. The number of hydrogen-bond acceptors (Lipinski definition) is 0. The van der Waals surface area contributed by atoms with Gasteiger partial charge in [0.05, 0.1) is 0 Å². The van der Waals surface area contributed by atoms with Gasteiger partial charge in [0.2, 0.25) is 0 Å². The number of rotatable bonds is 14. The third-order valence-corrected chi connectivity index (χ3v) is 6.55. The van der Waals surface area contributed by atoms with Crippen molar-refractivity contribution in [2.45, 2.75) is 113 Å². The molecule has 0 aliphatic carbocycles. The molecule has 0 aromatic carbocycles. The van der Waals surface area contributed by atoms with Crippen LogP contribution in [0.15, 0.2) is 0 Å². The van der Waals surface area contributed by atoms with Gasteiger partial charge in [-0.2, -0.15) is 0 Å². The molecule has 0 fully saturated rings. The molecule has 0 nitrogen and oxygen atoms in total. The van der Waals surface area contributed by atoms with Gasteiger partial charge in [-0.25, -0.2) is 0 Å². The minimum atomic E-state index is 0.850. The largest absolute Gasteiger partial charge is 0.0651 e. The minimum Gasteiger partial charge on any atom is -0.0651 e. The minimum absolute atomic E-state index is 0.850. The monoisotopic (exact) mass is 324 g/mol. The molecule has 0 saturated carbocycles. The van der Waals surface area contributed by atoms with Gasteiger partial charge in [-0.3, -0.25) is 0 Å². The van der Waals surface area contributed by atoms with E-state index >= 15 is 0 Å². The van der Waals surface area contributed by atoms with E-state index in [0.29, 0.717) is 0 Å². The van der Waals surface area contributed by atoms with E-state index < -0.39 is 0 Å². The van der Waals surface area contributed by atoms with Gasteiger partial charge >= 0.3 is 0 Å². The van der Waals surface area contributed by atoms with Crippen molar-refractivity contribution in [2.75, 3.05) is 0 Å². The van der Waals surface area contributed by atoms with Gasteiger partial charge in [-0.15, -0.1) is 0 Å². The fourth-order valence-electron chi connectivity index (χ4n) is 3.79. The van der Waals surface area contributed by atoms with Gasteiger partial charge in [-0.05, 0) is 41.9 Å². The summed E-state index contributed by atoms with van der Waals surface area (Å²) in [6, 6.07) is 0. The molecule has 0 amide bonds. The summed E-state index contributed by atoms with van der Waals surface area (Å²) in [6.45, 7) is 19.2. The third-order valence-electron chi connectivity index (χ3n) is 6.55. The Balaban J connectivity index is 3.92. The second-order valence-corrected chi connectivity index (χ2v) is 9.10. The molecule has 0 aliphatic heterocycles. The van der Waals surface area contributed by atoms with Crippen LogP contribution in [-0.4, -0.2) is 0 Å². The van der Waals surface area contributed by atoms with Crippen molar-refractivity contribution in [3.8, 4) is 0 Å². The Morgan fingerprint density at radius 2 is 1.17 bits per heavy atom. The Morgan fingerprint density at radius 1 is 0.565 bits per heavy atom. The zero-order valence-corrected chi connectivity index (χ0v) is 17.8. The summed E-state index contributed by atoms with van der Waals surface area (Å²) in [5.41, 5.74) is 0. The quantitative estimate of drug-likeness (QED) is 0.301. The zero-order valence-electron chi connectivity index (χ0n) is 17.8. The van der Waals surface area contributed by atoms with Crippen LogP contribution in [0.3, 0.4) is 0 Å². The van der Waals surface area contributed by atoms with Crippen molar-refractivity contribution >= 4 is 0 Å². The third kappa shape index (κ3) is 11.2. The van der Waals surface area contributed by atoms with Crippen molar-refractivity contribution in [3.05, 3.63) is 0 Å². The average molecular weight is 325 g/mol. The lowest BCUT2D eigenvalue weighted by Gasteiger charge is -2.23.